The lowest BCUT2D eigenvalue weighted by atomic mass is 10.0. The number of hydrogen-bond acceptors (Lipinski definition) is 2. The van der Waals surface area contributed by atoms with Gasteiger partial charge in [0.1, 0.15) is 5.75 Å². The first-order chi connectivity index (χ1) is 11.6. The highest BCUT2D eigenvalue weighted by Gasteiger charge is 2.07. The summed E-state index contributed by atoms with van der Waals surface area (Å²) in [4.78, 5) is 11.4. The highest BCUT2D eigenvalue weighted by atomic mass is 16.3. The molecule has 0 unspecified atom stereocenters. The molecule has 0 fully saturated rings. The number of carbonyl (C=O) groups excluding carboxylic acids is 1. The number of hydrogen-bond donors (Lipinski definition) is 1. The third-order valence-electron chi connectivity index (χ3n) is 4.76. The van der Waals surface area contributed by atoms with Gasteiger partial charge in [-0.2, -0.15) is 0 Å². The minimum atomic E-state index is -0.0657. The average Bonchev–Trinajstić information content (AvgIpc) is 2.57. The van der Waals surface area contributed by atoms with E-state index < -0.39 is 0 Å². The maximum Gasteiger partial charge on any atom is 0.163 e. The number of carbonyl (C=O) groups is 1. The molecule has 0 amide bonds. The van der Waals surface area contributed by atoms with Gasteiger partial charge in [-0.05, 0) is 37.5 Å². The van der Waals surface area contributed by atoms with Gasteiger partial charge in [-0.1, -0.05) is 83.6 Å². The van der Waals surface area contributed by atoms with Gasteiger partial charge >= 0.3 is 0 Å². The Bertz CT molecular complexity index is 465. The van der Waals surface area contributed by atoms with E-state index in [2.05, 4.69) is 6.92 Å². The number of rotatable bonds is 14. The van der Waals surface area contributed by atoms with E-state index in [1.54, 1.807) is 6.07 Å². The van der Waals surface area contributed by atoms with Crippen LogP contribution in [0.3, 0.4) is 0 Å². The topological polar surface area (TPSA) is 37.3 Å². The number of ketones is 1. The van der Waals surface area contributed by atoms with Gasteiger partial charge in [-0.25, -0.2) is 0 Å². The standard InChI is InChI=1S/C22H36O2/c1-3-4-5-6-7-8-9-10-11-12-13-14-15-20-16-17-22(24)21(18-20)19(2)23/h16-18,24H,3-15H2,1-2H3. The van der Waals surface area contributed by atoms with Crippen LogP contribution in [-0.4, -0.2) is 10.9 Å². The monoisotopic (exact) mass is 332 g/mol. The van der Waals surface area contributed by atoms with E-state index in [-0.39, 0.29) is 11.5 Å². The Hall–Kier alpha value is -1.31. The summed E-state index contributed by atoms with van der Waals surface area (Å²) in [7, 11) is 0. The van der Waals surface area contributed by atoms with Gasteiger partial charge in [0.25, 0.3) is 0 Å². The predicted octanol–water partition coefficient (Wildman–Crippen LogP) is 6.84. The van der Waals surface area contributed by atoms with Crippen LogP contribution in [0.2, 0.25) is 0 Å². The quantitative estimate of drug-likeness (QED) is 0.299. The van der Waals surface area contributed by atoms with E-state index in [1.807, 2.05) is 12.1 Å². The van der Waals surface area contributed by atoms with Crippen molar-refractivity contribution in [2.45, 2.75) is 97.3 Å². The van der Waals surface area contributed by atoms with Crippen LogP contribution in [0.4, 0.5) is 0 Å². The van der Waals surface area contributed by atoms with Crippen molar-refractivity contribution >= 4 is 5.78 Å². The Kier molecular flexibility index (Phi) is 11.3. The van der Waals surface area contributed by atoms with Crippen LogP contribution >= 0.6 is 0 Å². The molecule has 0 aliphatic carbocycles. The van der Waals surface area contributed by atoms with Crippen molar-refractivity contribution in [3.63, 3.8) is 0 Å². The van der Waals surface area contributed by atoms with E-state index in [1.165, 1.54) is 84.0 Å². The number of phenolic OH excluding ortho intramolecular Hbond substituents is 1. The molecule has 0 heterocycles. The summed E-state index contributed by atoms with van der Waals surface area (Å²) in [6, 6.07) is 5.42. The molecule has 0 bridgehead atoms. The zero-order valence-electron chi connectivity index (χ0n) is 15.8. The highest BCUT2D eigenvalue weighted by Crippen LogP contribution is 2.20. The largest absolute Gasteiger partial charge is 0.507 e. The molecule has 0 saturated carbocycles. The van der Waals surface area contributed by atoms with Crippen LogP contribution in [0.5, 0.6) is 5.75 Å². The second-order valence-corrected chi connectivity index (χ2v) is 7.05. The summed E-state index contributed by atoms with van der Waals surface area (Å²) < 4.78 is 0. The zero-order chi connectivity index (χ0) is 17.6. The van der Waals surface area contributed by atoms with Gasteiger partial charge < -0.3 is 5.11 Å². The minimum Gasteiger partial charge on any atom is -0.507 e. The first-order valence-corrected chi connectivity index (χ1v) is 9.98. The van der Waals surface area contributed by atoms with Gasteiger partial charge in [0.15, 0.2) is 5.78 Å². The Labute approximate surface area is 148 Å². The number of phenols is 1. The molecular weight excluding hydrogens is 296 g/mol. The normalized spacial score (nSPS) is 10.9. The fourth-order valence-corrected chi connectivity index (χ4v) is 3.19. The average molecular weight is 333 g/mol. The fraction of sp³-hybridized carbons (Fsp3) is 0.682. The van der Waals surface area contributed by atoms with E-state index >= 15 is 0 Å². The molecule has 2 nitrogen and oxygen atoms in total. The highest BCUT2D eigenvalue weighted by molar-refractivity contribution is 5.96. The first kappa shape index (κ1) is 20.7. The summed E-state index contributed by atoms with van der Waals surface area (Å²) in [6.45, 7) is 3.77. The van der Waals surface area contributed by atoms with Crippen LogP contribution < -0.4 is 0 Å². The lowest BCUT2D eigenvalue weighted by Crippen LogP contribution is -1.95. The molecule has 0 radical (unpaired) electrons. The van der Waals surface area contributed by atoms with Crippen molar-refractivity contribution in [3.05, 3.63) is 29.3 Å². The van der Waals surface area contributed by atoms with E-state index in [4.69, 9.17) is 0 Å². The Morgan fingerprint density at radius 3 is 1.83 bits per heavy atom. The third-order valence-corrected chi connectivity index (χ3v) is 4.76. The Morgan fingerprint density at radius 2 is 1.33 bits per heavy atom. The molecule has 0 atom stereocenters. The second-order valence-electron chi connectivity index (χ2n) is 7.05. The lowest BCUT2D eigenvalue weighted by molar-refractivity contribution is 0.101. The molecule has 2 heteroatoms. The summed E-state index contributed by atoms with van der Waals surface area (Å²) in [5.74, 6) is 0.0324. The van der Waals surface area contributed by atoms with E-state index in [0.29, 0.717) is 5.56 Å². The number of Topliss-reactive ketones (excluding diaryl/α,β-unsaturated/α-hetero) is 1. The minimum absolute atomic E-state index is 0.0657. The molecule has 1 rings (SSSR count). The Balaban J connectivity index is 2.01. The molecule has 1 N–H and O–H groups in total. The molecule has 1 aromatic rings. The zero-order valence-corrected chi connectivity index (χ0v) is 15.8. The van der Waals surface area contributed by atoms with Crippen LogP contribution in [0, 0.1) is 0 Å². The van der Waals surface area contributed by atoms with E-state index in [0.717, 1.165) is 12.0 Å². The number of aromatic hydroxyl groups is 1. The van der Waals surface area contributed by atoms with E-state index in [9.17, 15) is 9.90 Å². The molecule has 0 saturated heterocycles. The second kappa shape index (κ2) is 13.0. The molecule has 24 heavy (non-hydrogen) atoms. The number of benzene rings is 1. The van der Waals surface area contributed by atoms with Crippen LogP contribution in [0.25, 0.3) is 0 Å². The smallest absolute Gasteiger partial charge is 0.163 e. The SMILES string of the molecule is CCCCCCCCCCCCCCc1ccc(O)c(C(C)=O)c1. The molecular formula is C22H36O2. The predicted molar refractivity (Wildman–Crippen MR) is 103 cm³/mol. The van der Waals surface area contributed by atoms with Crippen LogP contribution in [0.15, 0.2) is 18.2 Å². The maximum atomic E-state index is 11.4. The summed E-state index contributed by atoms with van der Waals surface area (Å²) in [5.41, 5.74) is 1.61. The molecule has 1 aromatic carbocycles. The van der Waals surface area contributed by atoms with Crippen molar-refractivity contribution in [1.29, 1.82) is 0 Å². The molecule has 136 valence electrons. The van der Waals surface area contributed by atoms with Crippen LogP contribution in [0.1, 0.15) is 107 Å². The first-order valence-electron chi connectivity index (χ1n) is 9.98. The third kappa shape index (κ3) is 9.10. The maximum absolute atomic E-state index is 11.4. The summed E-state index contributed by atoms with van der Waals surface area (Å²) in [6.07, 6.45) is 17.2. The summed E-state index contributed by atoms with van der Waals surface area (Å²) in [5, 5.41) is 9.66. The van der Waals surface area contributed by atoms with Crippen molar-refractivity contribution in [1.82, 2.24) is 0 Å². The van der Waals surface area contributed by atoms with Gasteiger partial charge in [0.05, 0.1) is 5.56 Å². The summed E-state index contributed by atoms with van der Waals surface area (Å²) >= 11 is 0. The van der Waals surface area contributed by atoms with Gasteiger partial charge in [-0.3, -0.25) is 4.79 Å². The van der Waals surface area contributed by atoms with Gasteiger partial charge in [0.2, 0.25) is 0 Å². The fourth-order valence-electron chi connectivity index (χ4n) is 3.19. The van der Waals surface area contributed by atoms with Crippen molar-refractivity contribution in [2.75, 3.05) is 0 Å². The molecule has 0 spiro atoms. The Morgan fingerprint density at radius 1 is 0.833 bits per heavy atom. The lowest BCUT2D eigenvalue weighted by Gasteiger charge is -2.06. The van der Waals surface area contributed by atoms with Crippen LogP contribution in [-0.2, 0) is 6.42 Å². The molecule has 0 aromatic heterocycles. The number of aryl methyl sites for hydroxylation is 1. The van der Waals surface area contributed by atoms with Crippen molar-refractivity contribution in [3.8, 4) is 5.75 Å². The number of unbranched alkanes of at least 4 members (excludes halogenated alkanes) is 11. The van der Waals surface area contributed by atoms with Crippen molar-refractivity contribution in [2.24, 2.45) is 0 Å². The molecule has 0 aliphatic rings. The van der Waals surface area contributed by atoms with Crippen molar-refractivity contribution < 1.29 is 9.90 Å². The molecule has 0 aliphatic heterocycles. The van der Waals surface area contributed by atoms with Gasteiger partial charge in [-0.15, -0.1) is 0 Å². The van der Waals surface area contributed by atoms with Gasteiger partial charge in [0, 0.05) is 0 Å².